The molecule has 1 atom stereocenters. The third-order valence-electron chi connectivity index (χ3n) is 2.71. The van der Waals surface area contributed by atoms with Gasteiger partial charge in [0.15, 0.2) is 5.78 Å². The quantitative estimate of drug-likeness (QED) is 0.470. The van der Waals surface area contributed by atoms with E-state index in [0.29, 0.717) is 17.0 Å². The molecule has 1 aromatic carbocycles. The van der Waals surface area contributed by atoms with Crippen molar-refractivity contribution < 1.29 is 14.3 Å². The predicted molar refractivity (Wildman–Crippen MR) is 64.1 cm³/mol. The minimum absolute atomic E-state index is 0.118. The third-order valence-corrected chi connectivity index (χ3v) is 3.03. The van der Waals surface area contributed by atoms with Crippen molar-refractivity contribution in [3.8, 4) is 0 Å². The molecule has 0 spiro atoms. The molecule has 0 saturated carbocycles. The SMILES string of the molecule is C=CCOC(=O)C1Cc2cccc(Cl)c2C1=O. The second kappa shape index (κ2) is 4.72. The molecule has 1 aliphatic carbocycles. The molecule has 0 aromatic heterocycles. The molecule has 17 heavy (non-hydrogen) atoms. The number of ether oxygens (including phenoxy) is 1. The highest BCUT2D eigenvalue weighted by Crippen LogP contribution is 2.32. The van der Waals surface area contributed by atoms with Gasteiger partial charge < -0.3 is 4.74 Å². The van der Waals surface area contributed by atoms with Crippen molar-refractivity contribution in [3.63, 3.8) is 0 Å². The Hall–Kier alpha value is -1.61. The molecule has 0 fully saturated rings. The van der Waals surface area contributed by atoms with Crippen molar-refractivity contribution in [3.05, 3.63) is 47.0 Å². The van der Waals surface area contributed by atoms with Crippen LogP contribution >= 0.6 is 11.6 Å². The minimum atomic E-state index is -0.759. The standard InChI is InChI=1S/C13H11ClO3/c1-2-6-17-13(16)9-7-8-4-3-5-10(14)11(8)12(9)15/h2-5,9H,1,6-7H2. The van der Waals surface area contributed by atoms with E-state index in [1.807, 2.05) is 0 Å². The number of fused-ring (bicyclic) bond motifs is 1. The average molecular weight is 251 g/mol. The zero-order valence-corrected chi connectivity index (χ0v) is 9.87. The van der Waals surface area contributed by atoms with Gasteiger partial charge in [0, 0.05) is 5.56 Å². The van der Waals surface area contributed by atoms with Gasteiger partial charge in [-0.15, -0.1) is 0 Å². The molecule has 0 heterocycles. The Morgan fingerprint density at radius 2 is 2.35 bits per heavy atom. The molecule has 1 unspecified atom stereocenters. The zero-order chi connectivity index (χ0) is 12.4. The van der Waals surface area contributed by atoms with Gasteiger partial charge in [0.05, 0.1) is 5.02 Å². The number of esters is 1. The predicted octanol–water partition coefficient (Wildman–Crippen LogP) is 2.42. The van der Waals surface area contributed by atoms with Gasteiger partial charge in [0.25, 0.3) is 0 Å². The van der Waals surface area contributed by atoms with Crippen molar-refractivity contribution in [2.75, 3.05) is 6.61 Å². The molecule has 0 aliphatic heterocycles. The van der Waals surface area contributed by atoms with E-state index < -0.39 is 11.9 Å². The number of halogens is 1. The maximum absolute atomic E-state index is 12.0. The van der Waals surface area contributed by atoms with Gasteiger partial charge in [0.1, 0.15) is 12.5 Å². The lowest BCUT2D eigenvalue weighted by Crippen LogP contribution is -2.23. The summed E-state index contributed by atoms with van der Waals surface area (Å²) >= 11 is 5.95. The van der Waals surface area contributed by atoms with Gasteiger partial charge >= 0.3 is 5.97 Å². The first-order valence-corrected chi connectivity index (χ1v) is 5.62. The normalized spacial score (nSPS) is 17.7. The number of ketones is 1. The Balaban J connectivity index is 2.23. The van der Waals surface area contributed by atoms with Gasteiger partial charge in [-0.25, -0.2) is 0 Å². The number of rotatable bonds is 3. The Morgan fingerprint density at radius 1 is 1.59 bits per heavy atom. The molecule has 4 heteroatoms. The molecule has 1 aromatic rings. The van der Waals surface area contributed by atoms with Crippen molar-refractivity contribution in [2.24, 2.45) is 5.92 Å². The molecular weight excluding hydrogens is 240 g/mol. The maximum atomic E-state index is 12.0. The number of benzene rings is 1. The highest BCUT2D eigenvalue weighted by Gasteiger charge is 2.38. The summed E-state index contributed by atoms with van der Waals surface area (Å²) in [6, 6.07) is 5.22. The highest BCUT2D eigenvalue weighted by atomic mass is 35.5. The lowest BCUT2D eigenvalue weighted by molar-refractivity contribution is -0.145. The molecule has 3 nitrogen and oxygen atoms in total. The van der Waals surface area contributed by atoms with E-state index >= 15 is 0 Å². The Kier molecular flexibility index (Phi) is 3.29. The van der Waals surface area contributed by atoms with E-state index in [1.54, 1.807) is 18.2 Å². The number of Topliss-reactive ketones (excluding diaryl/α,β-unsaturated/α-hetero) is 1. The Labute approximate surface area is 104 Å². The largest absolute Gasteiger partial charge is 0.461 e. The van der Waals surface area contributed by atoms with Crippen LogP contribution < -0.4 is 0 Å². The second-order valence-electron chi connectivity index (χ2n) is 3.81. The van der Waals surface area contributed by atoms with Crippen LogP contribution in [0.1, 0.15) is 15.9 Å². The fourth-order valence-corrected chi connectivity index (χ4v) is 2.22. The summed E-state index contributed by atoms with van der Waals surface area (Å²) in [5, 5.41) is 0.395. The first-order chi connectivity index (χ1) is 8.15. The molecule has 0 radical (unpaired) electrons. The van der Waals surface area contributed by atoms with E-state index in [0.717, 1.165) is 5.56 Å². The van der Waals surface area contributed by atoms with Gasteiger partial charge in [-0.05, 0) is 18.1 Å². The molecule has 2 rings (SSSR count). The van der Waals surface area contributed by atoms with E-state index in [1.165, 1.54) is 6.08 Å². The smallest absolute Gasteiger partial charge is 0.317 e. The summed E-state index contributed by atoms with van der Waals surface area (Å²) in [6.07, 6.45) is 1.84. The summed E-state index contributed by atoms with van der Waals surface area (Å²) < 4.78 is 4.90. The molecule has 88 valence electrons. The van der Waals surface area contributed by atoms with Crippen molar-refractivity contribution in [1.82, 2.24) is 0 Å². The summed E-state index contributed by atoms with van der Waals surface area (Å²) in [6.45, 7) is 3.57. The first kappa shape index (κ1) is 11.9. The summed E-state index contributed by atoms with van der Waals surface area (Å²) in [4.78, 5) is 23.7. The average Bonchev–Trinajstić information content (AvgIpc) is 2.65. The molecule has 0 amide bonds. The first-order valence-electron chi connectivity index (χ1n) is 5.24. The van der Waals surface area contributed by atoms with Gasteiger partial charge in [-0.1, -0.05) is 36.4 Å². The second-order valence-corrected chi connectivity index (χ2v) is 4.22. The Bertz CT molecular complexity index is 493. The van der Waals surface area contributed by atoms with E-state index in [9.17, 15) is 9.59 Å². The molecular formula is C13H11ClO3. The molecule has 0 N–H and O–H groups in total. The van der Waals surface area contributed by atoms with Gasteiger partial charge in [-0.3, -0.25) is 9.59 Å². The Morgan fingerprint density at radius 3 is 3.00 bits per heavy atom. The van der Waals surface area contributed by atoms with Crippen molar-refractivity contribution in [2.45, 2.75) is 6.42 Å². The topological polar surface area (TPSA) is 43.4 Å². The monoisotopic (exact) mass is 250 g/mol. The van der Waals surface area contributed by atoms with Crippen LogP contribution in [-0.4, -0.2) is 18.4 Å². The minimum Gasteiger partial charge on any atom is -0.461 e. The summed E-state index contributed by atoms with van der Waals surface area (Å²) in [5.41, 5.74) is 1.26. The van der Waals surface area contributed by atoms with Crippen LogP contribution in [0.15, 0.2) is 30.9 Å². The third kappa shape index (κ3) is 2.11. The van der Waals surface area contributed by atoms with Gasteiger partial charge in [0.2, 0.25) is 0 Å². The maximum Gasteiger partial charge on any atom is 0.317 e. The van der Waals surface area contributed by atoms with Crippen molar-refractivity contribution >= 4 is 23.4 Å². The fourth-order valence-electron chi connectivity index (χ4n) is 1.93. The number of hydrogen-bond donors (Lipinski definition) is 0. The molecule has 0 bridgehead atoms. The zero-order valence-electron chi connectivity index (χ0n) is 9.11. The lowest BCUT2D eigenvalue weighted by Gasteiger charge is -2.06. The van der Waals surface area contributed by atoms with E-state index in [2.05, 4.69) is 6.58 Å². The van der Waals surface area contributed by atoms with Crippen LogP contribution in [-0.2, 0) is 16.0 Å². The lowest BCUT2D eigenvalue weighted by atomic mass is 10.1. The van der Waals surface area contributed by atoms with Crippen molar-refractivity contribution in [1.29, 1.82) is 0 Å². The fraction of sp³-hybridized carbons (Fsp3) is 0.231. The van der Waals surface area contributed by atoms with Gasteiger partial charge in [-0.2, -0.15) is 0 Å². The van der Waals surface area contributed by atoms with Crippen LogP contribution in [0.2, 0.25) is 5.02 Å². The number of carbonyl (C=O) groups is 2. The van der Waals surface area contributed by atoms with Crippen LogP contribution in [0.4, 0.5) is 0 Å². The number of carbonyl (C=O) groups excluding carboxylic acids is 2. The number of hydrogen-bond acceptors (Lipinski definition) is 3. The van der Waals surface area contributed by atoms with Crippen LogP contribution in [0.5, 0.6) is 0 Å². The summed E-state index contributed by atoms with van der Waals surface area (Å²) in [7, 11) is 0. The van der Waals surface area contributed by atoms with E-state index in [-0.39, 0.29) is 12.4 Å². The highest BCUT2D eigenvalue weighted by molar-refractivity contribution is 6.35. The molecule has 1 aliphatic rings. The summed E-state index contributed by atoms with van der Waals surface area (Å²) in [5.74, 6) is -1.52. The van der Waals surface area contributed by atoms with Crippen LogP contribution in [0.25, 0.3) is 0 Å². The van der Waals surface area contributed by atoms with Crippen LogP contribution in [0.3, 0.4) is 0 Å². The van der Waals surface area contributed by atoms with Crippen LogP contribution in [0, 0.1) is 5.92 Å². The van der Waals surface area contributed by atoms with E-state index in [4.69, 9.17) is 16.3 Å². The molecule has 0 saturated heterocycles.